The summed E-state index contributed by atoms with van der Waals surface area (Å²) in [4.78, 5) is 24.2. The Bertz CT molecular complexity index is 702. The fourth-order valence-electron chi connectivity index (χ4n) is 3.95. The molecule has 0 heterocycles. The van der Waals surface area contributed by atoms with Crippen LogP contribution >= 0.6 is 0 Å². The first-order valence-electron chi connectivity index (χ1n) is 9.81. The van der Waals surface area contributed by atoms with Gasteiger partial charge in [-0.05, 0) is 55.6 Å². The Labute approximate surface area is 170 Å². The topological polar surface area (TPSA) is 179 Å². The predicted octanol–water partition coefficient (Wildman–Crippen LogP) is -0.560. The third-order valence-electron chi connectivity index (χ3n) is 5.76. The lowest BCUT2D eigenvalue weighted by Gasteiger charge is -2.41. The molecule has 29 heavy (non-hydrogen) atoms. The summed E-state index contributed by atoms with van der Waals surface area (Å²) < 4.78 is 0. The van der Waals surface area contributed by atoms with Crippen LogP contribution in [-0.4, -0.2) is 57.4 Å². The molecule has 1 aromatic rings. The van der Waals surface area contributed by atoms with Gasteiger partial charge in [-0.2, -0.15) is 0 Å². The fraction of sp³-hybridized carbons (Fsp3) is 0.579. The summed E-state index contributed by atoms with van der Waals surface area (Å²) in [5, 5.41) is 39.8. The summed E-state index contributed by atoms with van der Waals surface area (Å²) in [7, 11) is -1.42. The molecule has 0 saturated heterocycles. The molecular weight excluding hydrogens is 377 g/mol. The number of carbonyl (C=O) groups is 2. The number of rotatable bonds is 9. The summed E-state index contributed by atoms with van der Waals surface area (Å²) in [6, 6.07) is 5.59. The average Bonchev–Trinajstić information content (AvgIpc) is 2.66. The summed E-state index contributed by atoms with van der Waals surface area (Å²) in [5.74, 6) is -1.85. The first-order chi connectivity index (χ1) is 13.6. The number of amides is 1. The Morgan fingerprint density at radius 2 is 1.90 bits per heavy atom. The fourth-order valence-corrected chi connectivity index (χ4v) is 3.95. The average molecular weight is 407 g/mol. The highest BCUT2D eigenvalue weighted by molar-refractivity contribution is 6.40. The van der Waals surface area contributed by atoms with E-state index in [-0.39, 0.29) is 37.4 Å². The Balaban J connectivity index is 1.91. The zero-order chi connectivity index (χ0) is 21.6. The van der Waals surface area contributed by atoms with E-state index in [0.717, 1.165) is 5.56 Å². The van der Waals surface area contributed by atoms with Gasteiger partial charge in [0.1, 0.15) is 11.3 Å². The molecule has 0 radical (unpaired) electrons. The van der Waals surface area contributed by atoms with Crippen molar-refractivity contribution in [1.29, 1.82) is 0 Å². The van der Waals surface area contributed by atoms with Gasteiger partial charge in [-0.1, -0.05) is 18.6 Å². The molecule has 4 atom stereocenters. The molecular formula is C19H30BN3O6. The molecule has 1 aromatic carbocycles. The number of carboxylic acids is 1. The first-order valence-corrected chi connectivity index (χ1v) is 9.81. The third kappa shape index (κ3) is 6.43. The van der Waals surface area contributed by atoms with Crippen LogP contribution < -0.4 is 16.8 Å². The number of nitrogens with two attached hydrogens (primary N) is 2. The number of benzene rings is 1. The summed E-state index contributed by atoms with van der Waals surface area (Å²) in [5.41, 5.74) is 11.5. The number of hydrogen-bond donors (Lipinski definition) is 7. The van der Waals surface area contributed by atoms with Crippen molar-refractivity contribution in [2.45, 2.75) is 50.0 Å². The second-order valence-electron chi connectivity index (χ2n) is 7.97. The molecule has 9 N–H and O–H groups in total. The number of aliphatic carboxylic acids is 1. The van der Waals surface area contributed by atoms with Crippen LogP contribution in [-0.2, 0) is 16.0 Å². The molecule has 0 aromatic heterocycles. The largest absolute Gasteiger partial charge is 0.508 e. The Morgan fingerprint density at radius 1 is 1.24 bits per heavy atom. The van der Waals surface area contributed by atoms with Gasteiger partial charge in [-0.15, -0.1) is 0 Å². The van der Waals surface area contributed by atoms with Gasteiger partial charge in [0.15, 0.2) is 0 Å². The minimum atomic E-state index is -1.49. The molecule has 0 bridgehead atoms. The molecule has 2 rings (SSSR count). The van der Waals surface area contributed by atoms with E-state index in [4.69, 9.17) is 21.5 Å². The van der Waals surface area contributed by atoms with Gasteiger partial charge in [0, 0.05) is 12.5 Å². The monoisotopic (exact) mass is 407 g/mol. The molecule has 0 unspecified atom stereocenters. The van der Waals surface area contributed by atoms with E-state index in [0.29, 0.717) is 19.3 Å². The van der Waals surface area contributed by atoms with Crippen molar-refractivity contribution < 1.29 is 29.9 Å². The number of hydrogen-bond acceptors (Lipinski definition) is 7. The van der Waals surface area contributed by atoms with Gasteiger partial charge in [0.25, 0.3) is 0 Å². The lowest BCUT2D eigenvalue weighted by atomic mass is 9.66. The second-order valence-corrected chi connectivity index (χ2v) is 7.97. The van der Waals surface area contributed by atoms with Gasteiger partial charge in [0.2, 0.25) is 5.91 Å². The lowest BCUT2D eigenvalue weighted by Crippen LogP contribution is -2.60. The predicted molar refractivity (Wildman–Crippen MR) is 108 cm³/mol. The number of phenols is 1. The first kappa shape index (κ1) is 23.1. The van der Waals surface area contributed by atoms with E-state index in [1.807, 2.05) is 0 Å². The highest BCUT2D eigenvalue weighted by atomic mass is 16.4. The molecule has 0 spiro atoms. The molecule has 1 aliphatic carbocycles. The number of carbonyl (C=O) groups excluding carboxylic acids is 1. The molecule has 1 aliphatic rings. The zero-order valence-electron chi connectivity index (χ0n) is 16.3. The van der Waals surface area contributed by atoms with E-state index in [2.05, 4.69) is 5.32 Å². The molecule has 1 amide bonds. The van der Waals surface area contributed by atoms with Crippen LogP contribution in [0.5, 0.6) is 5.75 Å². The van der Waals surface area contributed by atoms with Crippen LogP contribution in [0.25, 0.3) is 0 Å². The van der Waals surface area contributed by atoms with Gasteiger partial charge in [-0.25, -0.2) is 0 Å². The van der Waals surface area contributed by atoms with Crippen molar-refractivity contribution >= 4 is 19.0 Å². The number of aromatic hydroxyl groups is 1. The smallest absolute Gasteiger partial charge is 0.451 e. The SMILES string of the molecule is N[C@@H](Cc1ccc(O)cc1)C(=O)NC[C@@H]1CC[C@@H](CCB(O)O)C[C@]1(N)C(=O)O. The van der Waals surface area contributed by atoms with E-state index in [1.165, 1.54) is 12.1 Å². The standard InChI is InChI=1S/C19H30BN3O6/c21-16(9-12-2-5-15(24)6-3-12)17(25)23-11-14-4-1-13(7-8-20(28)29)10-19(14,22)18(26)27/h2-3,5-6,13-14,16,24,28-29H,1,4,7-11,21-22H2,(H,23,25)(H,26,27)/t13-,14-,16-,19+/m0/s1. The molecule has 1 fully saturated rings. The maximum absolute atomic E-state index is 12.4. The molecule has 160 valence electrons. The Morgan fingerprint density at radius 3 is 2.48 bits per heavy atom. The number of carboxylic acid groups (broad SMARTS) is 1. The lowest BCUT2D eigenvalue weighted by molar-refractivity contribution is -0.148. The minimum Gasteiger partial charge on any atom is -0.508 e. The molecule has 9 nitrogen and oxygen atoms in total. The minimum absolute atomic E-state index is 0.0124. The van der Waals surface area contributed by atoms with Crippen LogP contribution in [0.4, 0.5) is 0 Å². The van der Waals surface area contributed by atoms with E-state index in [9.17, 15) is 19.8 Å². The van der Waals surface area contributed by atoms with Crippen LogP contribution in [0.2, 0.25) is 6.32 Å². The van der Waals surface area contributed by atoms with Gasteiger partial charge in [-0.3, -0.25) is 9.59 Å². The maximum atomic E-state index is 12.4. The van der Waals surface area contributed by atoms with Gasteiger partial charge in [0.05, 0.1) is 6.04 Å². The maximum Gasteiger partial charge on any atom is 0.451 e. The summed E-state index contributed by atoms with van der Waals surface area (Å²) in [6.45, 7) is 0.111. The van der Waals surface area contributed by atoms with Crippen molar-refractivity contribution in [1.82, 2.24) is 5.32 Å². The van der Waals surface area contributed by atoms with Crippen LogP contribution in [0.15, 0.2) is 24.3 Å². The van der Waals surface area contributed by atoms with Crippen LogP contribution in [0.3, 0.4) is 0 Å². The van der Waals surface area contributed by atoms with Crippen LogP contribution in [0.1, 0.15) is 31.2 Å². The van der Waals surface area contributed by atoms with Crippen molar-refractivity contribution in [3.63, 3.8) is 0 Å². The number of phenolic OH excluding ortho intramolecular Hbond substituents is 1. The zero-order valence-corrected chi connectivity index (χ0v) is 16.3. The second kappa shape index (κ2) is 10.1. The van der Waals surface area contributed by atoms with Crippen LogP contribution in [0, 0.1) is 11.8 Å². The third-order valence-corrected chi connectivity index (χ3v) is 5.76. The normalized spacial score (nSPS) is 25.2. The van der Waals surface area contributed by atoms with Crippen molar-refractivity contribution in [2.24, 2.45) is 23.3 Å². The highest BCUT2D eigenvalue weighted by Gasteiger charge is 2.47. The summed E-state index contributed by atoms with van der Waals surface area (Å²) >= 11 is 0. The Hall–Kier alpha value is -2.14. The molecule has 1 saturated carbocycles. The Kier molecular flexibility index (Phi) is 8.03. The van der Waals surface area contributed by atoms with Gasteiger partial charge >= 0.3 is 13.1 Å². The number of nitrogens with one attached hydrogen (secondary N) is 1. The van der Waals surface area contributed by atoms with E-state index >= 15 is 0 Å². The molecule has 0 aliphatic heterocycles. The van der Waals surface area contributed by atoms with Gasteiger partial charge < -0.3 is 37.0 Å². The van der Waals surface area contributed by atoms with Crippen molar-refractivity contribution in [2.75, 3.05) is 6.54 Å². The highest BCUT2D eigenvalue weighted by Crippen LogP contribution is 2.38. The van der Waals surface area contributed by atoms with E-state index < -0.39 is 36.5 Å². The van der Waals surface area contributed by atoms with Crippen molar-refractivity contribution in [3.8, 4) is 5.75 Å². The molecule has 10 heteroatoms. The summed E-state index contributed by atoms with van der Waals surface area (Å²) in [6.07, 6.45) is 2.39. The van der Waals surface area contributed by atoms with Crippen molar-refractivity contribution in [3.05, 3.63) is 29.8 Å². The van der Waals surface area contributed by atoms with E-state index in [1.54, 1.807) is 12.1 Å². The quantitative estimate of drug-likeness (QED) is 0.266.